The first-order chi connectivity index (χ1) is 14.7. The first-order valence-corrected chi connectivity index (χ1v) is 9.01. The number of esters is 1. The maximum Gasteiger partial charge on any atom is 0.339 e. The van der Waals surface area contributed by atoms with E-state index in [1.54, 1.807) is 35.1 Å². The number of para-hydroxylation sites is 2. The number of ether oxygens (including phenoxy) is 2. The molecule has 0 bridgehead atoms. The van der Waals surface area contributed by atoms with Crippen molar-refractivity contribution in [1.29, 1.82) is 0 Å². The van der Waals surface area contributed by atoms with E-state index in [0.29, 0.717) is 16.7 Å². The van der Waals surface area contributed by atoms with Crippen LogP contribution < -0.4 is 10.1 Å². The zero-order valence-corrected chi connectivity index (χ0v) is 16.0. The molecule has 0 fully saturated rings. The standard InChI is InChI=1S/C21H17N5O4/c1-29-21(28)15-9-5-6-10-17(15)25-18(27)12-30-20-16-11-24-26(19(16)22-13-23-20)14-7-3-2-4-8-14/h2-11,13H,12H2,1H3,(H,25,27). The van der Waals surface area contributed by atoms with Crippen molar-refractivity contribution in [3.8, 4) is 11.6 Å². The number of hydrogen-bond acceptors (Lipinski definition) is 7. The number of nitrogens with zero attached hydrogens (tertiary/aromatic N) is 4. The van der Waals surface area contributed by atoms with Crippen LogP contribution in [-0.2, 0) is 9.53 Å². The van der Waals surface area contributed by atoms with Crippen LogP contribution in [0.4, 0.5) is 5.69 Å². The number of nitrogens with one attached hydrogen (secondary N) is 1. The molecule has 0 saturated carbocycles. The van der Waals surface area contributed by atoms with E-state index < -0.39 is 11.9 Å². The van der Waals surface area contributed by atoms with Crippen molar-refractivity contribution in [2.24, 2.45) is 0 Å². The maximum absolute atomic E-state index is 12.4. The molecule has 4 aromatic rings. The van der Waals surface area contributed by atoms with E-state index in [1.807, 2.05) is 30.3 Å². The maximum atomic E-state index is 12.4. The molecule has 1 N–H and O–H groups in total. The summed E-state index contributed by atoms with van der Waals surface area (Å²) >= 11 is 0. The lowest BCUT2D eigenvalue weighted by Crippen LogP contribution is -2.22. The van der Waals surface area contributed by atoms with Crippen LogP contribution in [0.2, 0.25) is 0 Å². The number of amides is 1. The zero-order chi connectivity index (χ0) is 20.9. The highest BCUT2D eigenvalue weighted by atomic mass is 16.5. The molecule has 2 aromatic heterocycles. The lowest BCUT2D eigenvalue weighted by molar-refractivity contribution is -0.118. The average Bonchev–Trinajstić information content (AvgIpc) is 3.23. The van der Waals surface area contributed by atoms with Crippen LogP contribution in [0.15, 0.2) is 67.1 Å². The Morgan fingerprint density at radius 1 is 1.03 bits per heavy atom. The largest absolute Gasteiger partial charge is 0.467 e. The summed E-state index contributed by atoms with van der Waals surface area (Å²) in [4.78, 5) is 32.6. The van der Waals surface area contributed by atoms with Gasteiger partial charge in [-0.05, 0) is 24.3 Å². The molecule has 4 rings (SSSR count). The molecule has 0 saturated heterocycles. The quantitative estimate of drug-likeness (QED) is 0.493. The van der Waals surface area contributed by atoms with Crippen molar-refractivity contribution < 1.29 is 19.1 Å². The summed E-state index contributed by atoms with van der Waals surface area (Å²) in [6.07, 6.45) is 2.94. The van der Waals surface area contributed by atoms with Crippen LogP contribution in [0, 0.1) is 0 Å². The number of hydrogen-bond donors (Lipinski definition) is 1. The van der Waals surface area contributed by atoms with Gasteiger partial charge in [0.2, 0.25) is 5.88 Å². The van der Waals surface area contributed by atoms with Crippen LogP contribution >= 0.6 is 0 Å². The highest BCUT2D eigenvalue weighted by molar-refractivity contribution is 6.01. The van der Waals surface area contributed by atoms with Crippen molar-refractivity contribution in [3.63, 3.8) is 0 Å². The Labute approximate surface area is 171 Å². The Hall–Kier alpha value is -4.27. The fourth-order valence-corrected chi connectivity index (χ4v) is 2.90. The molecule has 2 heterocycles. The van der Waals surface area contributed by atoms with Crippen LogP contribution in [0.1, 0.15) is 10.4 Å². The fourth-order valence-electron chi connectivity index (χ4n) is 2.90. The van der Waals surface area contributed by atoms with Crippen LogP contribution in [0.5, 0.6) is 5.88 Å². The molecular formula is C21H17N5O4. The SMILES string of the molecule is COC(=O)c1ccccc1NC(=O)COc1ncnc2c1cnn2-c1ccccc1. The molecular weight excluding hydrogens is 386 g/mol. The average molecular weight is 403 g/mol. The van der Waals surface area contributed by atoms with E-state index in [4.69, 9.17) is 9.47 Å². The van der Waals surface area contributed by atoms with Gasteiger partial charge in [-0.15, -0.1) is 0 Å². The molecule has 9 nitrogen and oxygen atoms in total. The number of aromatic nitrogens is 4. The van der Waals surface area contributed by atoms with Crippen LogP contribution in [-0.4, -0.2) is 45.3 Å². The summed E-state index contributed by atoms with van der Waals surface area (Å²) in [6.45, 7) is -0.307. The second-order valence-corrected chi connectivity index (χ2v) is 6.18. The number of fused-ring (bicyclic) bond motifs is 1. The van der Waals surface area contributed by atoms with Crippen molar-refractivity contribution in [3.05, 3.63) is 72.7 Å². The fraction of sp³-hybridized carbons (Fsp3) is 0.0952. The zero-order valence-electron chi connectivity index (χ0n) is 16.0. The van der Waals surface area contributed by atoms with Gasteiger partial charge in [-0.2, -0.15) is 5.10 Å². The molecule has 0 spiro atoms. The van der Waals surface area contributed by atoms with Gasteiger partial charge in [-0.25, -0.2) is 19.4 Å². The summed E-state index contributed by atoms with van der Waals surface area (Å²) in [5.74, 6) is -0.759. The smallest absolute Gasteiger partial charge is 0.339 e. The molecule has 30 heavy (non-hydrogen) atoms. The van der Waals surface area contributed by atoms with Crippen molar-refractivity contribution in [2.75, 3.05) is 19.0 Å². The normalized spacial score (nSPS) is 10.6. The number of anilines is 1. The first kappa shape index (κ1) is 19.1. The second-order valence-electron chi connectivity index (χ2n) is 6.18. The van der Waals surface area contributed by atoms with Gasteiger partial charge in [0.1, 0.15) is 11.7 Å². The topological polar surface area (TPSA) is 108 Å². The molecule has 0 atom stereocenters. The number of methoxy groups -OCH3 is 1. The van der Waals surface area contributed by atoms with Gasteiger partial charge in [0.15, 0.2) is 12.3 Å². The number of carbonyl (C=O) groups excluding carboxylic acids is 2. The van der Waals surface area contributed by atoms with Crippen LogP contribution in [0.3, 0.4) is 0 Å². The van der Waals surface area contributed by atoms with Gasteiger partial charge in [0.25, 0.3) is 5.91 Å². The van der Waals surface area contributed by atoms with E-state index in [9.17, 15) is 9.59 Å². The van der Waals surface area contributed by atoms with E-state index in [0.717, 1.165) is 5.69 Å². The van der Waals surface area contributed by atoms with E-state index in [-0.39, 0.29) is 18.1 Å². The molecule has 0 aliphatic rings. The van der Waals surface area contributed by atoms with E-state index in [2.05, 4.69) is 20.4 Å². The summed E-state index contributed by atoms with van der Waals surface area (Å²) in [7, 11) is 1.28. The highest BCUT2D eigenvalue weighted by Crippen LogP contribution is 2.23. The lowest BCUT2D eigenvalue weighted by atomic mass is 10.2. The third-order valence-electron chi connectivity index (χ3n) is 4.28. The summed E-state index contributed by atoms with van der Waals surface area (Å²) in [5.41, 5.74) is 1.99. The minimum absolute atomic E-state index is 0.235. The Morgan fingerprint density at radius 3 is 2.60 bits per heavy atom. The number of carbonyl (C=O) groups is 2. The summed E-state index contributed by atoms with van der Waals surface area (Å²) in [6, 6.07) is 16.1. The number of benzene rings is 2. The molecule has 0 radical (unpaired) electrons. The third-order valence-corrected chi connectivity index (χ3v) is 4.28. The van der Waals surface area contributed by atoms with Gasteiger partial charge < -0.3 is 14.8 Å². The molecule has 9 heteroatoms. The summed E-state index contributed by atoms with van der Waals surface area (Å²) < 4.78 is 12.0. The minimum atomic E-state index is -0.544. The Morgan fingerprint density at radius 2 is 1.80 bits per heavy atom. The lowest BCUT2D eigenvalue weighted by Gasteiger charge is -2.10. The van der Waals surface area contributed by atoms with Gasteiger partial charge >= 0.3 is 5.97 Å². The molecule has 0 aliphatic heterocycles. The van der Waals surface area contributed by atoms with E-state index in [1.165, 1.54) is 13.4 Å². The van der Waals surface area contributed by atoms with Crippen molar-refractivity contribution >= 4 is 28.6 Å². The second kappa shape index (κ2) is 8.39. The Kier molecular flexibility index (Phi) is 5.33. The molecule has 2 aromatic carbocycles. The van der Waals surface area contributed by atoms with Gasteiger partial charge in [0.05, 0.1) is 30.2 Å². The Bertz CT molecular complexity index is 1210. The Balaban J connectivity index is 1.50. The monoisotopic (exact) mass is 403 g/mol. The third kappa shape index (κ3) is 3.81. The molecule has 0 unspecified atom stereocenters. The summed E-state index contributed by atoms with van der Waals surface area (Å²) in [5, 5.41) is 7.56. The van der Waals surface area contributed by atoms with Gasteiger partial charge in [-0.1, -0.05) is 30.3 Å². The van der Waals surface area contributed by atoms with Gasteiger partial charge in [-0.3, -0.25) is 4.79 Å². The highest BCUT2D eigenvalue weighted by Gasteiger charge is 2.16. The first-order valence-electron chi connectivity index (χ1n) is 9.01. The van der Waals surface area contributed by atoms with Crippen molar-refractivity contribution in [1.82, 2.24) is 19.7 Å². The van der Waals surface area contributed by atoms with Gasteiger partial charge in [0, 0.05) is 0 Å². The van der Waals surface area contributed by atoms with Crippen LogP contribution in [0.25, 0.3) is 16.7 Å². The van der Waals surface area contributed by atoms with E-state index >= 15 is 0 Å². The predicted molar refractivity (Wildman–Crippen MR) is 109 cm³/mol. The number of rotatable bonds is 6. The minimum Gasteiger partial charge on any atom is -0.467 e. The van der Waals surface area contributed by atoms with Crippen molar-refractivity contribution in [2.45, 2.75) is 0 Å². The predicted octanol–water partition coefficient (Wildman–Crippen LogP) is 2.62. The molecule has 0 aliphatic carbocycles. The molecule has 1 amide bonds. The molecule has 150 valence electrons.